The Hall–Kier alpha value is -4.53. The van der Waals surface area contributed by atoms with Gasteiger partial charge in [-0.25, -0.2) is 13.9 Å². The van der Waals surface area contributed by atoms with E-state index in [9.17, 15) is 4.39 Å². The number of fused-ring (bicyclic) bond motifs is 4. The summed E-state index contributed by atoms with van der Waals surface area (Å²) in [4.78, 5) is 11.1. The Labute approximate surface area is 212 Å². The predicted molar refractivity (Wildman–Crippen MR) is 138 cm³/mol. The molecule has 5 heterocycles. The molecule has 2 bridgehead atoms. The van der Waals surface area contributed by atoms with E-state index in [0.717, 1.165) is 46.6 Å². The molecule has 0 spiro atoms. The van der Waals surface area contributed by atoms with E-state index < -0.39 is 0 Å². The van der Waals surface area contributed by atoms with E-state index in [0.29, 0.717) is 29.4 Å². The third-order valence-electron chi connectivity index (χ3n) is 7.42. The predicted octanol–water partition coefficient (Wildman–Crippen LogP) is 5.43. The van der Waals surface area contributed by atoms with Crippen LogP contribution in [0.1, 0.15) is 31.4 Å². The van der Waals surface area contributed by atoms with E-state index in [1.54, 1.807) is 24.7 Å². The average Bonchev–Trinajstić information content (AvgIpc) is 3.72. The lowest BCUT2D eigenvalue weighted by atomic mass is 9.96. The molecule has 2 atom stereocenters. The molecule has 1 fully saturated rings. The molecule has 0 amide bonds. The monoisotopic (exact) mass is 493 g/mol. The summed E-state index contributed by atoms with van der Waals surface area (Å²) in [5, 5.41) is 12.7. The molecule has 4 aromatic heterocycles. The Morgan fingerprint density at radius 2 is 2.05 bits per heavy atom. The smallest absolute Gasteiger partial charge is 0.186 e. The molecular weight excluding hydrogens is 469 g/mol. The third-order valence-corrected chi connectivity index (χ3v) is 7.42. The number of hydrogen-bond acceptors (Lipinski definition) is 6. The number of rotatable bonds is 6. The van der Waals surface area contributed by atoms with E-state index in [-0.39, 0.29) is 11.7 Å². The third kappa shape index (κ3) is 3.27. The molecule has 1 saturated carbocycles. The van der Waals surface area contributed by atoms with Crippen LogP contribution in [0.25, 0.3) is 38.9 Å². The van der Waals surface area contributed by atoms with Crippen molar-refractivity contribution in [3.63, 3.8) is 0 Å². The molecule has 37 heavy (non-hydrogen) atoms. The van der Waals surface area contributed by atoms with E-state index in [2.05, 4.69) is 32.9 Å². The van der Waals surface area contributed by atoms with Crippen molar-refractivity contribution >= 4 is 16.6 Å². The number of hydrogen-bond donors (Lipinski definition) is 1. The maximum absolute atomic E-state index is 14.5. The zero-order chi connectivity index (χ0) is 25.1. The Bertz CT molecular complexity index is 1700. The number of H-pyrrole nitrogens is 1. The van der Waals surface area contributed by atoms with Crippen molar-refractivity contribution in [3.8, 4) is 22.4 Å². The molecule has 1 aliphatic carbocycles. The standard InChI is InChI=1S/C28H24FN7O/c1-3-37-16(2)35-15-18-12-19(35)13-21(18)24-8-11-31-28-25(20-4-5-23(29)27-22(20)14-32-33-27)26(34-36(24)28)17-6-9-30-10-7-17/h4-11,14-15,19,21H,2-3,12-13H2,1H3,(H,32,33). The second kappa shape index (κ2) is 8.26. The Balaban J connectivity index is 1.42. The first-order valence-electron chi connectivity index (χ1n) is 12.3. The van der Waals surface area contributed by atoms with Gasteiger partial charge in [0.25, 0.3) is 0 Å². The summed E-state index contributed by atoms with van der Waals surface area (Å²) in [6.07, 6.45) is 11.1. The summed E-state index contributed by atoms with van der Waals surface area (Å²) in [6, 6.07) is 9.46. The molecule has 184 valence electrons. The van der Waals surface area contributed by atoms with Gasteiger partial charge >= 0.3 is 0 Å². The van der Waals surface area contributed by atoms with Crippen molar-refractivity contribution in [2.45, 2.75) is 31.7 Å². The van der Waals surface area contributed by atoms with Crippen LogP contribution in [0.5, 0.6) is 0 Å². The fourth-order valence-electron chi connectivity index (χ4n) is 5.79. The molecule has 2 aliphatic rings. The van der Waals surface area contributed by atoms with Crippen LogP contribution in [0.2, 0.25) is 0 Å². The summed E-state index contributed by atoms with van der Waals surface area (Å²) in [5.41, 5.74) is 6.82. The van der Waals surface area contributed by atoms with Gasteiger partial charge in [-0.15, -0.1) is 0 Å². The lowest BCUT2D eigenvalue weighted by Crippen LogP contribution is -2.28. The van der Waals surface area contributed by atoms with Crippen molar-refractivity contribution in [2.75, 3.05) is 6.61 Å². The average molecular weight is 494 g/mol. The molecule has 8 nitrogen and oxygen atoms in total. The summed E-state index contributed by atoms with van der Waals surface area (Å²) < 4.78 is 22.1. The minimum absolute atomic E-state index is 0.210. The summed E-state index contributed by atoms with van der Waals surface area (Å²) in [6.45, 7) is 6.66. The van der Waals surface area contributed by atoms with Crippen LogP contribution >= 0.6 is 0 Å². The van der Waals surface area contributed by atoms with Gasteiger partial charge < -0.3 is 9.64 Å². The van der Waals surface area contributed by atoms with Crippen molar-refractivity contribution < 1.29 is 9.13 Å². The zero-order valence-corrected chi connectivity index (χ0v) is 20.2. The van der Waals surface area contributed by atoms with Gasteiger partial charge in [-0.05, 0) is 61.7 Å². The van der Waals surface area contributed by atoms with Gasteiger partial charge in [-0.1, -0.05) is 6.07 Å². The topological polar surface area (TPSA) is 84.2 Å². The van der Waals surface area contributed by atoms with Crippen LogP contribution in [-0.2, 0) is 4.74 Å². The fraction of sp³-hybridized carbons (Fsp3) is 0.214. The summed E-state index contributed by atoms with van der Waals surface area (Å²) >= 11 is 0. The number of nitrogens with zero attached hydrogens (tertiary/aromatic N) is 6. The Kier molecular flexibility index (Phi) is 4.85. The van der Waals surface area contributed by atoms with E-state index >= 15 is 0 Å². The lowest BCUT2D eigenvalue weighted by Gasteiger charge is -2.29. The zero-order valence-electron chi connectivity index (χ0n) is 20.2. The van der Waals surface area contributed by atoms with Crippen LogP contribution in [0.4, 0.5) is 4.39 Å². The van der Waals surface area contributed by atoms with E-state index in [1.807, 2.05) is 35.8 Å². The maximum atomic E-state index is 14.5. The van der Waals surface area contributed by atoms with Gasteiger partial charge in [-0.3, -0.25) is 10.1 Å². The van der Waals surface area contributed by atoms with Crippen LogP contribution in [0.15, 0.2) is 79.4 Å². The van der Waals surface area contributed by atoms with E-state index in [1.165, 1.54) is 11.6 Å². The van der Waals surface area contributed by atoms with Crippen LogP contribution in [0.3, 0.4) is 0 Å². The largest absolute Gasteiger partial charge is 0.480 e. The highest BCUT2D eigenvalue weighted by Crippen LogP contribution is 2.48. The first-order valence-corrected chi connectivity index (χ1v) is 12.3. The summed E-state index contributed by atoms with van der Waals surface area (Å²) in [5.74, 6) is 0.558. The molecular formula is C28H24FN7O. The quantitative estimate of drug-likeness (QED) is 0.318. The van der Waals surface area contributed by atoms with Crippen LogP contribution in [0, 0.1) is 5.82 Å². The van der Waals surface area contributed by atoms with Gasteiger partial charge in [0.2, 0.25) is 0 Å². The number of halogens is 1. The highest BCUT2D eigenvalue weighted by atomic mass is 19.1. The molecule has 1 aliphatic heterocycles. The van der Waals surface area contributed by atoms with Gasteiger partial charge in [0.1, 0.15) is 17.0 Å². The number of nitrogens with one attached hydrogen (secondary N) is 1. The minimum Gasteiger partial charge on any atom is -0.480 e. The minimum atomic E-state index is -0.348. The molecule has 1 N–H and O–H groups in total. The second-order valence-corrected chi connectivity index (χ2v) is 9.40. The van der Waals surface area contributed by atoms with Crippen molar-refractivity contribution in [1.29, 1.82) is 0 Å². The number of aromatic amines is 1. The molecule has 7 rings (SSSR count). The second-order valence-electron chi connectivity index (χ2n) is 9.40. The maximum Gasteiger partial charge on any atom is 0.186 e. The molecule has 1 aromatic carbocycles. The van der Waals surface area contributed by atoms with Crippen LogP contribution in [-0.4, -0.2) is 47.3 Å². The molecule has 0 saturated heterocycles. The number of pyridine rings is 1. The normalized spacial score (nSPS) is 18.6. The SMILES string of the molecule is C=C(OCC)N1C=C2CC1CC2c1ccnc2c(-c3ccc(F)c4[nH]ncc34)c(-c3ccncc3)nn12. The number of ether oxygens (including phenoxy) is 1. The first-order chi connectivity index (χ1) is 18.1. The van der Waals surface area contributed by atoms with Gasteiger partial charge in [0.15, 0.2) is 11.5 Å². The Morgan fingerprint density at radius 3 is 2.84 bits per heavy atom. The molecule has 2 unspecified atom stereocenters. The molecule has 0 radical (unpaired) electrons. The fourth-order valence-corrected chi connectivity index (χ4v) is 5.79. The first kappa shape index (κ1) is 21.7. The molecule has 9 heteroatoms. The number of aromatic nitrogens is 6. The van der Waals surface area contributed by atoms with Crippen molar-refractivity contribution in [1.82, 2.24) is 34.7 Å². The Morgan fingerprint density at radius 1 is 1.19 bits per heavy atom. The van der Waals surface area contributed by atoms with Crippen LogP contribution < -0.4 is 0 Å². The molecule has 5 aromatic rings. The number of benzene rings is 1. The summed E-state index contributed by atoms with van der Waals surface area (Å²) in [7, 11) is 0. The van der Waals surface area contributed by atoms with Gasteiger partial charge in [-0.2, -0.15) is 10.2 Å². The van der Waals surface area contributed by atoms with E-state index in [4.69, 9.17) is 14.8 Å². The van der Waals surface area contributed by atoms with Crippen molar-refractivity contribution in [2.24, 2.45) is 0 Å². The lowest BCUT2D eigenvalue weighted by molar-refractivity contribution is 0.130. The van der Waals surface area contributed by atoms with Crippen molar-refractivity contribution in [3.05, 3.63) is 90.9 Å². The highest BCUT2D eigenvalue weighted by molar-refractivity contribution is 6.02. The highest BCUT2D eigenvalue weighted by Gasteiger charge is 2.41. The van der Waals surface area contributed by atoms with Gasteiger partial charge in [0.05, 0.1) is 24.1 Å². The van der Waals surface area contributed by atoms with Gasteiger partial charge in [0, 0.05) is 47.7 Å².